The number of hydrogen-bond donors (Lipinski definition) is 1. The largest absolute Gasteiger partial charge is 0.400 e. The van der Waals surface area contributed by atoms with Crippen LogP contribution in [0.3, 0.4) is 0 Å². The number of nitrogens with zero attached hydrogens (tertiary/aromatic N) is 1. The summed E-state index contributed by atoms with van der Waals surface area (Å²) in [6.07, 6.45) is 4.06. The van der Waals surface area contributed by atoms with Crippen molar-refractivity contribution in [1.82, 2.24) is 0 Å². The molecule has 0 unspecified atom stereocenters. The van der Waals surface area contributed by atoms with Crippen LogP contribution in [0.4, 0.5) is 5.69 Å². The predicted molar refractivity (Wildman–Crippen MR) is 124 cm³/mol. The Bertz CT molecular complexity index is 865. The Kier molecular flexibility index (Phi) is 10.1. The van der Waals surface area contributed by atoms with Gasteiger partial charge in [-0.1, -0.05) is 43.0 Å². The Labute approximate surface area is 176 Å². The van der Waals surface area contributed by atoms with Crippen molar-refractivity contribution < 1.29 is 9.90 Å². The summed E-state index contributed by atoms with van der Waals surface area (Å²) in [6, 6.07) is 14.9. The SMILES string of the molecule is C=C/C(CC(C)=O)=C(/CCc1cccc(C)c1C)N(C)c1cccc(C)c1.CO. The third-order valence-corrected chi connectivity index (χ3v) is 5.20. The maximum absolute atomic E-state index is 11.8. The molecule has 0 aromatic heterocycles. The standard InChI is InChI=1S/C25H31NO.CH4O/c1-7-22(17-20(4)27)25(26(6)24-13-8-10-18(2)16-24)15-14-23-12-9-11-19(3)21(23)5;1-2/h7-13,16H,1,14-15,17H2,2-6H3;2H,1H3/b25-22+;. The van der Waals surface area contributed by atoms with E-state index < -0.39 is 0 Å². The molecule has 0 bridgehead atoms. The van der Waals surface area contributed by atoms with Gasteiger partial charge in [0.1, 0.15) is 5.78 Å². The summed E-state index contributed by atoms with van der Waals surface area (Å²) in [6.45, 7) is 12.0. The van der Waals surface area contributed by atoms with E-state index in [1.807, 2.05) is 6.08 Å². The van der Waals surface area contributed by atoms with E-state index in [9.17, 15) is 4.79 Å². The highest BCUT2D eigenvalue weighted by Crippen LogP contribution is 2.27. The van der Waals surface area contributed by atoms with Gasteiger partial charge in [-0.05, 0) is 80.5 Å². The molecule has 2 aromatic rings. The lowest BCUT2D eigenvalue weighted by atomic mass is 9.96. The monoisotopic (exact) mass is 393 g/mol. The van der Waals surface area contributed by atoms with Crippen molar-refractivity contribution in [3.8, 4) is 0 Å². The van der Waals surface area contributed by atoms with E-state index >= 15 is 0 Å². The Morgan fingerprint density at radius 3 is 2.34 bits per heavy atom. The van der Waals surface area contributed by atoms with Gasteiger partial charge in [-0.15, -0.1) is 0 Å². The van der Waals surface area contributed by atoms with Gasteiger partial charge in [-0.3, -0.25) is 4.79 Å². The van der Waals surface area contributed by atoms with E-state index in [-0.39, 0.29) is 5.78 Å². The quantitative estimate of drug-likeness (QED) is 0.584. The van der Waals surface area contributed by atoms with Gasteiger partial charge in [0.15, 0.2) is 0 Å². The zero-order chi connectivity index (χ0) is 22.0. The average Bonchev–Trinajstić information content (AvgIpc) is 2.71. The molecular weight excluding hydrogens is 358 g/mol. The fourth-order valence-corrected chi connectivity index (χ4v) is 3.43. The Balaban J connectivity index is 0.00000204. The summed E-state index contributed by atoms with van der Waals surface area (Å²) in [4.78, 5) is 14.0. The average molecular weight is 394 g/mol. The van der Waals surface area contributed by atoms with Crippen molar-refractivity contribution in [2.75, 3.05) is 19.1 Å². The summed E-state index contributed by atoms with van der Waals surface area (Å²) in [5.41, 5.74) is 8.55. The molecule has 2 rings (SSSR count). The van der Waals surface area contributed by atoms with Crippen LogP contribution in [0.15, 0.2) is 66.4 Å². The Morgan fingerprint density at radius 1 is 1.10 bits per heavy atom. The topological polar surface area (TPSA) is 40.5 Å². The third kappa shape index (κ3) is 7.03. The van der Waals surface area contributed by atoms with Crippen molar-refractivity contribution in [3.63, 3.8) is 0 Å². The molecule has 0 fully saturated rings. The molecule has 0 spiro atoms. The molecule has 0 aliphatic rings. The van der Waals surface area contributed by atoms with Gasteiger partial charge in [0.25, 0.3) is 0 Å². The Hall–Kier alpha value is -2.65. The fraction of sp³-hybridized carbons (Fsp3) is 0.346. The van der Waals surface area contributed by atoms with Crippen LogP contribution < -0.4 is 4.90 Å². The van der Waals surface area contributed by atoms with Crippen molar-refractivity contribution in [2.45, 2.75) is 47.0 Å². The number of hydrogen-bond acceptors (Lipinski definition) is 3. The first-order valence-corrected chi connectivity index (χ1v) is 9.97. The summed E-state index contributed by atoms with van der Waals surface area (Å²) in [5.74, 6) is 0.159. The van der Waals surface area contributed by atoms with Crippen molar-refractivity contribution in [3.05, 3.63) is 88.6 Å². The number of carbonyl (C=O) groups is 1. The molecule has 0 radical (unpaired) electrons. The molecule has 3 heteroatoms. The molecule has 0 atom stereocenters. The van der Waals surface area contributed by atoms with Gasteiger partial charge in [-0.2, -0.15) is 0 Å². The molecule has 0 saturated carbocycles. The van der Waals surface area contributed by atoms with Gasteiger partial charge in [-0.25, -0.2) is 0 Å². The highest BCUT2D eigenvalue weighted by Gasteiger charge is 2.14. The van der Waals surface area contributed by atoms with Crippen molar-refractivity contribution in [1.29, 1.82) is 0 Å². The van der Waals surface area contributed by atoms with Crippen LogP contribution in [0.2, 0.25) is 0 Å². The van der Waals surface area contributed by atoms with Crippen LogP contribution in [0, 0.1) is 20.8 Å². The molecule has 2 aromatic carbocycles. The fourth-order valence-electron chi connectivity index (χ4n) is 3.43. The van der Waals surface area contributed by atoms with Crippen LogP contribution in [0.1, 0.15) is 42.0 Å². The highest BCUT2D eigenvalue weighted by molar-refractivity contribution is 5.79. The summed E-state index contributed by atoms with van der Waals surface area (Å²) >= 11 is 0. The van der Waals surface area contributed by atoms with Gasteiger partial charge < -0.3 is 10.0 Å². The number of aliphatic hydroxyl groups is 1. The van der Waals surface area contributed by atoms with E-state index in [1.165, 1.54) is 22.3 Å². The number of benzene rings is 2. The molecule has 29 heavy (non-hydrogen) atoms. The molecule has 1 N–H and O–H groups in total. The molecule has 0 heterocycles. The first kappa shape index (κ1) is 24.4. The summed E-state index contributed by atoms with van der Waals surface area (Å²) < 4.78 is 0. The lowest BCUT2D eigenvalue weighted by molar-refractivity contribution is -0.116. The third-order valence-electron chi connectivity index (χ3n) is 5.20. The first-order chi connectivity index (χ1) is 13.8. The Morgan fingerprint density at radius 2 is 1.76 bits per heavy atom. The first-order valence-electron chi connectivity index (χ1n) is 9.97. The maximum atomic E-state index is 11.8. The minimum atomic E-state index is 0.159. The second-order valence-corrected chi connectivity index (χ2v) is 7.31. The summed E-state index contributed by atoms with van der Waals surface area (Å²) in [5, 5.41) is 7.00. The number of anilines is 1. The smallest absolute Gasteiger partial charge is 0.134 e. The number of carbonyl (C=O) groups excluding carboxylic acids is 1. The van der Waals surface area contributed by atoms with Gasteiger partial charge in [0.2, 0.25) is 0 Å². The molecular formula is C26H35NO2. The second kappa shape index (κ2) is 12.0. The predicted octanol–water partition coefficient (Wildman–Crippen LogP) is 5.71. The maximum Gasteiger partial charge on any atom is 0.134 e. The molecule has 0 saturated heterocycles. The molecule has 0 aliphatic heterocycles. The van der Waals surface area contributed by atoms with Crippen LogP contribution in [-0.4, -0.2) is 25.0 Å². The number of Topliss-reactive ketones (excluding diaryl/α,β-unsaturated/α-hetero) is 1. The van der Waals surface area contributed by atoms with Crippen molar-refractivity contribution in [2.24, 2.45) is 0 Å². The number of rotatable bonds is 8. The number of allylic oxidation sites excluding steroid dienone is 3. The normalized spacial score (nSPS) is 11.1. The molecule has 156 valence electrons. The van der Waals surface area contributed by atoms with Crippen LogP contribution >= 0.6 is 0 Å². The number of aliphatic hydroxyl groups excluding tert-OH is 1. The van der Waals surface area contributed by atoms with Crippen LogP contribution in [0.25, 0.3) is 0 Å². The van der Waals surface area contributed by atoms with Gasteiger partial charge in [0.05, 0.1) is 0 Å². The van der Waals surface area contributed by atoms with Gasteiger partial charge >= 0.3 is 0 Å². The molecule has 0 amide bonds. The number of aryl methyl sites for hydroxylation is 3. The van der Waals surface area contributed by atoms with Crippen LogP contribution in [-0.2, 0) is 11.2 Å². The number of ketones is 1. The van der Waals surface area contributed by atoms with E-state index in [0.717, 1.165) is 36.9 Å². The van der Waals surface area contributed by atoms with E-state index in [2.05, 4.69) is 81.8 Å². The van der Waals surface area contributed by atoms with Crippen LogP contribution in [0.5, 0.6) is 0 Å². The lowest BCUT2D eigenvalue weighted by Crippen LogP contribution is -2.20. The van der Waals surface area contributed by atoms with E-state index in [1.54, 1.807) is 6.92 Å². The van der Waals surface area contributed by atoms with Gasteiger partial charge in [0, 0.05) is 32.0 Å². The molecule has 0 aliphatic carbocycles. The highest BCUT2D eigenvalue weighted by atomic mass is 16.2. The van der Waals surface area contributed by atoms with E-state index in [4.69, 9.17) is 5.11 Å². The minimum Gasteiger partial charge on any atom is -0.400 e. The lowest BCUT2D eigenvalue weighted by Gasteiger charge is -2.26. The van der Waals surface area contributed by atoms with E-state index in [0.29, 0.717) is 6.42 Å². The molecule has 3 nitrogen and oxygen atoms in total. The zero-order valence-electron chi connectivity index (χ0n) is 18.7. The van der Waals surface area contributed by atoms with Crippen molar-refractivity contribution >= 4 is 11.5 Å². The zero-order valence-corrected chi connectivity index (χ0v) is 18.7. The summed E-state index contributed by atoms with van der Waals surface area (Å²) in [7, 11) is 3.08. The second-order valence-electron chi connectivity index (χ2n) is 7.31. The minimum absolute atomic E-state index is 0.159.